The van der Waals surface area contributed by atoms with Crippen LogP contribution in [-0.2, 0) is 17.5 Å². The SMILES string of the molecule is CN=C(NCc1cc(C(F)(F)F)ccc1N1CCN(C)CC1)NC(C)COC. The van der Waals surface area contributed by atoms with Crippen molar-refractivity contribution in [3.05, 3.63) is 29.3 Å². The molecule has 2 rings (SSSR count). The highest BCUT2D eigenvalue weighted by Gasteiger charge is 2.31. The highest BCUT2D eigenvalue weighted by atomic mass is 19.4. The molecule has 1 unspecified atom stereocenters. The summed E-state index contributed by atoms with van der Waals surface area (Å²) in [6.45, 7) is 6.01. The molecule has 1 atom stereocenters. The van der Waals surface area contributed by atoms with E-state index in [4.69, 9.17) is 4.74 Å². The van der Waals surface area contributed by atoms with Gasteiger partial charge in [-0.05, 0) is 37.7 Å². The minimum atomic E-state index is -4.37. The summed E-state index contributed by atoms with van der Waals surface area (Å²) in [6, 6.07) is 3.99. The Morgan fingerprint density at radius 2 is 1.93 bits per heavy atom. The Balaban J connectivity index is 2.19. The van der Waals surface area contributed by atoms with Crippen LogP contribution in [0.1, 0.15) is 18.1 Å². The first-order chi connectivity index (χ1) is 13.2. The molecular weight excluding hydrogens is 371 g/mol. The number of aliphatic imine (C=N–C) groups is 1. The minimum Gasteiger partial charge on any atom is -0.383 e. The van der Waals surface area contributed by atoms with E-state index in [2.05, 4.69) is 25.4 Å². The lowest BCUT2D eigenvalue weighted by Crippen LogP contribution is -2.45. The van der Waals surface area contributed by atoms with Crippen LogP contribution in [0, 0.1) is 0 Å². The monoisotopic (exact) mass is 401 g/mol. The number of guanidine groups is 1. The van der Waals surface area contributed by atoms with E-state index in [0.29, 0.717) is 18.1 Å². The summed E-state index contributed by atoms with van der Waals surface area (Å²) >= 11 is 0. The van der Waals surface area contributed by atoms with Crippen molar-refractivity contribution in [2.75, 3.05) is 58.9 Å². The van der Waals surface area contributed by atoms with Gasteiger partial charge in [-0.25, -0.2) is 0 Å². The maximum absolute atomic E-state index is 13.2. The van der Waals surface area contributed by atoms with Crippen molar-refractivity contribution in [3.8, 4) is 0 Å². The van der Waals surface area contributed by atoms with Gasteiger partial charge in [0.2, 0.25) is 0 Å². The highest BCUT2D eigenvalue weighted by Crippen LogP contribution is 2.33. The van der Waals surface area contributed by atoms with Crippen molar-refractivity contribution in [1.82, 2.24) is 15.5 Å². The second-order valence-electron chi connectivity index (χ2n) is 7.06. The van der Waals surface area contributed by atoms with E-state index in [-0.39, 0.29) is 12.6 Å². The van der Waals surface area contributed by atoms with Crippen LogP contribution in [0.4, 0.5) is 18.9 Å². The van der Waals surface area contributed by atoms with E-state index >= 15 is 0 Å². The van der Waals surface area contributed by atoms with Crippen LogP contribution < -0.4 is 15.5 Å². The van der Waals surface area contributed by atoms with Crippen LogP contribution in [0.2, 0.25) is 0 Å². The van der Waals surface area contributed by atoms with E-state index in [9.17, 15) is 13.2 Å². The first-order valence-electron chi connectivity index (χ1n) is 9.34. The number of methoxy groups -OCH3 is 1. The molecule has 9 heteroatoms. The quantitative estimate of drug-likeness (QED) is 0.565. The van der Waals surface area contributed by atoms with E-state index in [0.717, 1.165) is 37.9 Å². The second kappa shape index (κ2) is 9.97. The Kier molecular flexibility index (Phi) is 7.94. The molecular formula is C19H30F3N5O. The number of likely N-dealkylation sites (N-methyl/N-ethyl adjacent to an activating group) is 1. The topological polar surface area (TPSA) is 52.1 Å². The van der Waals surface area contributed by atoms with Crippen LogP contribution in [0.3, 0.4) is 0 Å². The van der Waals surface area contributed by atoms with E-state index in [1.54, 1.807) is 20.2 Å². The first kappa shape index (κ1) is 22.3. The molecule has 0 aromatic heterocycles. The van der Waals surface area contributed by atoms with Crippen molar-refractivity contribution >= 4 is 11.6 Å². The largest absolute Gasteiger partial charge is 0.416 e. The average Bonchev–Trinajstić information content (AvgIpc) is 2.65. The van der Waals surface area contributed by atoms with E-state index in [1.165, 1.54) is 6.07 Å². The molecule has 0 radical (unpaired) electrons. The molecule has 28 heavy (non-hydrogen) atoms. The summed E-state index contributed by atoms with van der Waals surface area (Å²) in [5.41, 5.74) is 0.786. The molecule has 1 aliphatic rings. The number of ether oxygens (including phenoxy) is 1. The van der Waals surface area contributed by atoms with Crippen molar-refractivity contribution in [3.63, 3.8) is 0 Å². The van der Waals surface area contributed by atoms with Gasteiger partial charge in [-0.15, -0.1) is 0 Å². The van der Waals surface area contributed by atoms with Crippen LogP contribution in [0.5, 0.6) is 0 Å². The molecule has 1 aliphatic heterocycles. The Hall–Kier alpha value is -2.00. The van der Waals surface area contributed by atoms with Gasteiger partial charge in [0.05, 0.1) is 12.2 Å². The van der Waals surface area contributed by atoms with Crippen molar-refractivity contribution in [2.24, 2.45) is 4.99 Å². The molecule has 1 fully saturated rings. The van der Waals surface area contributed by atoms with Crippen molar-refractivity contribution in [2.45, 2.75) is 25.7 Å². The molecule has 1 aromatic rings. The van der Waals surface area contributed by atoms with Gasteiger partial charge in [-0.2, -0.15) is 13.2 Å². The number of rotatable bonds is 6. The molecule has 1 aromatic carbocycles. The van der Waals surface area contributed by atoms with E-state index in [1.807, 2.05) is 14.0 Å². The summed E-state index contributed by atoms with van der Waals surface area (Å²) in [5, 5.41) is 6.28. The molecule has 158 valence electrons. The number of hydrogen-bond acceptors (Lipinski definition) is 4. The minimum absolute atomic E-state index is 0.0230. The van der Waals surface area contributed by atoms with Gasteiger partial charge in [-0.3, -0.25) is 4.99 Å². The lowest BCUT2D eigenvalue weighted by atomic mass is 10.1. The highest BCUT2D eigenvalue weighted by molar-refractivity contribution is 5.80. The standard InChI is InChI=1S/C19H30F3N5O/c1-14(13-28-4)25-18(23-2)24-12-15-11-16(19(20,21)22)5-6-17(15)27-9-7-26(3)8-10-27/h5-6,11,14H,7-10,12-13H2,1-4H3,(H2,23,24,25). The number of hydrogen-bond donors (Lipinski definition) is 2. The molecule has 0 aliphatic carbocycles. The number of alkyl halides is 3. The van der Waals surface area contributed by atoms with Crippen molar-refractivity contribution < 1.29 is 17.9 Å². The third-order valence-corrected chi connectivity index (χ3v) is 4.72. The number of nitrogens with one attached hydrogen (secondary N) is 2. The average molecular weight is 401 g/mol. The lowest BCUT2D eigenvalue weighted by molar-refractivity contribution is -0.137. The summed E-state index contributed by atoms with van der Waals surface area (Å²) in [4.78, 5) is 8.49. The second-order valence-corrected chi connectivity index (χ2v) is 7.06. The number of anilines is 1. The summed E-state index contributed by atoms with van der Waals surface area (Å²) in [6.07, 6.45) is -4.37. The molecule has 0 amide bonds. The van der Waals surface area contributed by atoms with Gasteiger partial charge >= 0.3 is 6.18 Å². The zero-order chi connectivity index (χ0) is 20.7. The number of nitrogens with zero attached hydrogens (tertiary/aromatic N) is 3. The molecule has 0 saturated carbocycles. The Bertz CT molecular complexity index is 657. The fraction of sp³-hybridized carbons (Fsp3) is 0.632. The van der Waals surface area contributed by atoms with Gasteiger partial charge in [-0.1, -0.05) is 0 Å². The van der Waals surface area contributed by atoms with Crippen LogP contribution >= 0.6 is 0 Å². The zero-order valence-corrected chi connectivity index (χ0v) is 16.9. The predicted molar refractivity (Wildman–Crippen MR) is 106 cm³/mol. The Labute approximate surface area is 164 Å². The van der Waals surface area contributed by atoms with Gasteiger partial charge in [0.25, 0.3) is 0 Å². The van der Waals surface area contributed by atoms with Crippen LogP contribution in [-0.4, -0.2) is 70.9 Å². The van der Waals surface area contributed by atoms with Gasteiger partial charge in [0.15, 0.2) is 5.96 Å². The van der Waals surface area contributed by atoms with E-state index < -0.39 is 11.7 Å². The van der Waals surface area contributed by atoms with Crippen LogP contribution in [0.25, 0.3) is 0 Å². The predicted octanol–water partition coefficient (Wildman–Crippen LogP) is 2.16. The third-order valence-electron chi connectivity index (χ3n) is 4.72. The lowest BCUT2D eigenvalue weighted by Gasteiger charge is -2.35. The summed E-state index contributed by atoms with van der Waals surface area (Å²) in [7, 11) is 5.28. The molecule has 0 bridgehead atoms. The fourth-order valence-corrected chi connectivity index (χ4v) is 3.16. The molecule has 2 N–H and O–H groups in total. The van der Waals surface area contributed by atoms with Crippen LogP contribution in [0.15, 0.2) is 23.2 Å². The fourth-order valence-electron chi connectivity index (χ4n) is 3.16. The number of halogens is 3. The smallest absolute Gasteiger partial charge is 0.383 e. The molecule has 1 heterocycles. The van der Waals surface area contributed by atoms with Gasteiger partial charge < -0.3 is 25.2 Å². The normalized spacial score (nSPS) is 17.5. The van der Waals surface area contributed by atoms with Gasteiger partial charge in [0, 0.05) is 58.6 Å². The third kappa shape index (κ3) is 6.27. The summed E-state index contributed by atoms with van der Waals surface area (Å²) in [5.74, 6) is 0.520. The van der Waals surface area contributed by atoms with Crippen molar-refractivity contribution in [1.29, 1.82) is 0 Å². The molecule has 6 nitrogen and oxygen atoms in total. The zero-order valence-electron chi connectivity index (χ0n) is 16.9. The maximum atomic E-state index is 13.2. The maximum Gasteiger partial charge on any atom is 0.416 e. The number of piperazine rings is 1. The summed E-state index contributed by atoms with van der Waals surface area (Å²) < 4.78 is 44.8. The molecule has 1 saturated heterocycles. The first-order valence-corrected chi connectivity index (χ1v) is 9.34. The molecule has 0 spiro atoms. The Morgan fingerprint density at radius 1 is 1.25 bits per heavy atom. The van der Waals surface area contributed by atoms with Gasteiger partial charge in [0.1, 0.15) is 0 Å². The number of benzene rings is 1. The Morgan fingerprint density at radius 3 is 2.50 bits per heavy atom.